The van der Waals surface area contributed by atoms with Crippen molar-refractivity contribution in [3.63, 3.8) is 0 Å². The standard InChI is InChI=1S/C22H20N6OS/c1-23-21-5-3-4-18(28-21)19-7-6-14-11-25-16(9-20(14)27-19)12-26-22(29)15-8-17(30-2)13-24-10-15/h3-11,13H,12H2,1-2H3,(H,23,28)(H,26,29). The Kier molecular flexibility index (Phi) is 5.85. The van der Waals surface area contributed by atoms with E-state index >= 15 is 0 Å². The lowest BCUT2D eigenvalue weighted by Gasteiger charge is -2.08. The molecule has 8 heteroatoms. The Hall–Kier alpha value is -3.52. The van der Waals surface area contributed by atoms with Crippen molar-refractivity contribution in [2.45, 2.75) is 11.4 Å². The lowest BCUT2D eigenvalue weighted by atomic mass is 10.2. The predicted octanol–water partition coefficient (Wildman–Crippen LogP) is 3.78. The maximum Gasteiger partial charge on any atom is 0.253 e. The smallest absolute Gasteiger partial charge is 0.253 e. The number of rotatable bonds is 6. The highest BCUT2D eigenvalue weighted by Crippen LogP contribution is 2.21. The second kappa shape index (κ2) is 8.87. The number of fused-ring (bicyclic) bond motifs is 1. The van der Waals surface area contributed by atoms with Crippen LogP contribution < -0.4 is 10.6 Å². The van der Waals surface area contributed by atoms with Gasteiger partial charge >= 0.3 is 0 Å². The second-order valence-electron chi connectivity index (χ2n) is 6.52. The molecule has 0 atom stereocenters. The average molecular weight is 417 g/mol. The molecule has 30 heavy (non-hydrogen) atoms. The van der Waals surface area contributed by atoms with Gasteiger partial charge in [-0.3, -0.25) is 14.8 Å². The zero-order chi connectivity index (χ0) is 20.9. The number of aromatic nitrogens is 4. The van der Waals surface area contributed by atoms with Gasteiger partial charge in [-0.25, -0.2) is 9.97 Å². The van der Waals surface area contributed by atoms with Crippen LogP contribution in [0, 0.1) is 0 Å². The number of nitrogens with one attached hydrogen (secondary N) is 2. The van der Waals surface area contributed by atoms with Crippen molar-refractivity contribution < 1.29 is 4.79 Å². The first-order valence-electron chi connectivity index (χ1n) is 9.34. The van der Waals surface area contributed by atoms with E-state index in [1.807, 2.05) is 55.8 Å². The van der Waals surface area contributed by atoms with Crippen LogP contribution in [-0.4, -0.2) is 39.1 Å². The predicted molar refractivity (Wildman–Crippen MR) is 120 cm³/mol. The number of hydrogen-bond donors (Lipinski definition) is 2. The molecule has 0 fully saturated rings. The van der Waals surface area contributed by atoms with E-state index in [1.54, 1.807) is 30.4 Å². The first-order valence-corrected chi connectivity index (χ1v) is 10.6. The van der Waals surface area contributed by atoms with E-state index in [2.05, 4.69) is 25.6 Å². The van der Waals surface area contributed by atoms with Crippen molar-refractivity contribution in [2.24, 2.45) is 0 Å². The molecular weight excluding hydrogens is 396 g/mol. The zero-order valence-corrected chi connectivity index (χ0v) is 17.4. The molecule has 4 rings (SSSR count). The first kappa shape index (κ1) is 19.8. The van der Waals surface area contributed by atoms with Gasteiger partial charge in [0.15, 0.2) is 0 Å². The third kappa shape index (κ3) is 4.38. The number of nitrogens with zero attached hydrogens (tertiary/aromatic N) is 4. The molecule has 0 aliphatic rings. The molecule has 150 valence electrons. The van der Waals surface area contributed by atoms with Gasteiger partial charge in [0, 0.05) is 35.9 Å². The fourth-order valence-electron chi connectivity index (χ4n) is 2.94. The highest BCUT2D eigenvalue weighted by molar-refractivity contribution is 7.98. The maximum absolute atomic E-state index is 12.4. The molecule has 0 bridgehead atoms. The normalized spacial score (nSPS) is 10.7. The van der Waals surface area contributed by atoms with E-state index in [0.29, 0.717) is 12.1 Å². The third-order valence-corrected chi connectivity index (χ3v) is 5.23. The SMILES string of the molecule is CNc1cccc(-c2ccc3cnc(CNC(=O)c4cncc(SC)c4)cc3n2)n1. The summed E-state index contributed by atoms with van der Waals surface area (Å²) in [5.41, 5.74) is 3.62. The van der Waals surface area contributed by atoms with Crippen molar-refractivity contribution in [3.8, 4) is 11.4 Å². The summed E-state index contributed by atoms with van der Waals surface area (Å²) in [5.74, 6) is 0.600. The zero-order valence-electron chi connectivity index (χ0n) is 16.6. The van der Waals surface area contributed by atoms with Crippen LogP contribution in [0.5, 0.6) is 0 Å². The van der Waals surface area contributed by atoms with Crippen LogP contribution in [0.4, 0.5) is 5.82 Å². The Bertz CT molecular complexity index is 1210. The minimum Gasteiger partial charge on any atom is -0.373 e. The van der Waals surface area contributed by atoms with E-state index < -0.39 is 0 Å². The van der Waals surface area contributed by atoms with Crippen molar-refractivity contribution in [1.29, 1.82) is 0 Å². The van der Waals surface area contributed by atoms with E-state index in [-0.39, 0.29) is 5.91 Å². The van der Waals surface area contributed by atoms with Crippen LogP contribution in [0.15, 0.2) is 66.0 Å². The summed E-state index contributed by atoms with van der Waals surface area (Å²) in [6.07, 6.45) is 7.00. The number of carbonyl (C=O) groups excluding carboxylic acids is 1. The third-order valence-electron chi connectivity index (χ3n) is 4.54. The first-order chi connectivity index (χ1) is 14.7. The van der Waals surface area contributed by atoms with Gasteiger partial charge in [0.2, 0.25) is 0 Å². The molecule has 0 aliphatic heterocycles. The van der Waals surface area contributed by atoms with Crippen molar-refractivity contribution >= 4 is 34.4 Å². The molecule has 0 aliphatic carbocycles. The summed E-state index contributed by atoms with van der Waals surface area (Å²) >= 11 is 1.55. The molecule has 1 amide bonds. The lowest BCUT2D eigenvalue weighted by Crippen LogP contribution is -2.23. The minimum absolute atomic E-state index is 0.185. The lowest BCUT2D eigenvalue weighted by molar-refractivity contribution is 0.0950. The van der Waals surface area contributed by atoms with Crippen LogP contribution in [0.3, 0.4) is 0 Å². The van der Waals surface area contributed by atoms with Gasteiger partial charge in [-0.15, -0.1) is 11.8 Å². The summed E-state index contributed by atoms with van der Waals surface area (Å²) in [5, 5.41) is 6.86. The van der Waals surface area contributed by atoms with Crippen LogP contribution in [-0.2, 0) is 6.54 Å². The van der Waals surface area contributed by atoms with Crippen LogP contribution >= 0.6 is 11.8 Å². The summed E-state index contributed by atoms with van der Waals surface area (Å²) in [4.78, 5) is 31.2. The fraction of sp³-hybridized carbons (Fsp3) is 0.136. The number of anilines is 1. The van der Waals surface area contributed by atoms with Gasteiger partial charge in [-0.1, -0.05) is 6.07 Å². The molecule has 4 heterocycles. The molecule has 0 aromatic carbocycles. The van der Waals surface area contributed by atoms with Crippen molar-refractivity contribution in [2.75, 3.05) is 18.6 Å². The molecule has 4 aromatic heterocycles. The van der Waals surface area contributed by atoms with Crippen LogP contribution in [0.1, 0.15) is 16.1 Å². The summed E-state index contributed by atoms with van der Waals surface area (Å²) in [7, 11) is 1.83. The monoisotopic (exact) mass is 416 g/mol. The molecule has 2 N–H and O–H groups in total. The topological polar surface area (TPSA) is 92.7 Å². The van der Waals surface area contributed by atoms with Crippen LogP contribution in [0.2, 0.25) is 0 Å². The highest BCUT2D eigenvalue weighted by atomic mass is 32.2. The molecule has 0 saturated heterocycles. The Morgan fingerprint density at radius 1 is 1.03 bits per heavy atom. The van der Waals surface area contributed by atoms with E-state index in [9.17, 15) is 4.79 Å². The Balaban J connectivity index is 1.54. The summed E-state index contributed by atoms with van der Waals surface area (Å²) < 4.78 is 0. The van der Waals surface area contributed by atoms with E-state index in [4.69, 9.17) is 4.98 Å². The number of carbonyl (C=O) groups is 1. The number of thioether (sulfide) groups is 1. The quantitative estimate of drug-likeness (QED) is 0.462. The Labute approximate surface area is 178 Å². The summed E-state index contributed by atoms with van der Waals surface area (Å²) in [6.45, 7) is 0.303. The summed E-state index contributed by atoms with van der Waals surface area (Å²) in [6, 6.07) is 13.4. The number of amides is 1. The van der Waals surface area contributed by atoms with Gasteiger partial charge in [-0.2, -0.15) is 0 Å². The molecule has 0 unspecified atom stereocenters. The number of pyridine rings is 4. The maximum atomic E-state index is 12.4. The van der Waals surface area contributed by atoms with Gasteiger partial charge < -0.3 is 10.6 Å². The van der Waals surface area contributed by atoms with Gasteiger partial charge in [0.1, 0.15) is 5.82 Å². The molecule has 4 aromatic rings. The average Bonchev–Trinajstić information content (AvgIpc) is 2.82. The Morgan fingerprint density at radius 3 is 2.73 bits per heavy atom. The molecule has 0 spiro atoms. The van der Waals surface area contributed by atoms with Gasteiger partial charge in [0.05, 0.1) is 34.7 Å². The fourth-order valence-corrected chi connectivity index (χ4v) is 3.35. The van der Waals surface area contributed by atoms with E-state index in [1.165, 1.54) is 0 Å². The van der Waals surface area contributed by atoms with Crippen molar-refractivity contribution in [1.82, 2.24) is 25.3 Å². The van der Waals surface area contributed by atoms with Crippen LogP contribution in [0.25, 0.3) is 22.3 Å². The minimum atomic E-state index is -0.185. The van der Waals surface area contributed by atoms with Gasteiger partial charge in [0.25, 0.3) is 5.91 Å². The number of hydrogen-bond acceptors (Lipinski definition) is 7. The molecule has 0 radical (unpaired) electrons. The van der Waals surface area contributed by atoms with Gasteiger partial charge in [-0.05, 0) is 42.7 Å². The largest absolute Gasteiger partial charge is 0.373 e. The second-order valence-corrected chi connectivity index (χ2v) is 7.40. The molecule has 0 saturated carbocycles. The van der Waals surface area contributed by atoms with Crippen molar-refractivity contribution in [3.05, 3.63) is 72.3 Å². The Morgan fingerprint density at radius 2 is 1.90 bits per heavy atom. The highest BCUT2D eigenvalue weighted by Gasteiger charge is 2.09. The van der Waals surface area contributed by atoms with E-state index in [0.717, 1.165) is 38.7 Å². The molecule has 7 nitrogen and oxygen atoms in total. The molecular formula is C22H20N6OS.